The molecule has 0 saturated carbocycles. The van der Waals surface area contributed by atoms with Gasteiger partial charge in [0.2, 0.25) is 5.89 Å². The zero-order chi connectivity index (χ0) is 37.5. The molecule has 0 fully saturated rings. The minimum absolute atomic E-state index is 0.476. The van der Waals surface area contributed by atoms with Gasteiger partial charge in [-0.1, -0.05) is 121 Å². The Morgan fingerprint density at radius 2 is 0.965 bits per heavy atom. The number of oxazole rings is 1. The Bertz CT molecular complexity index is 3530. The van der Waals surface area contributed by atoms with Crippen molar-refractivity contribution in [3.8, 4) is 56.7 Å². The molecule has 0 unspecified atom stereocenters. The van der Waals surface area contributed by atoms with Crippen molar-refractivity contribution in [1.82, 2.24) is 19.9 Å². The van der Waals surface area contributed by atoms with Gasteiger partial charge in [0.25, 0.3) is 0 Å². The van der Waals surface area contributed by atoms with Gasteiger partial charge in [0.1, 0.15) is 27.8 Å². The van der Waals surface area contributed by atoms with E-state index in [1.54, 1.807) is 0 Å². The average molecular weight is 733 g/mol. The first-order chi connectivity index (χ1) is 28.2. The molecule has 0 aliphatic carbocycles. The van der Waals surface area contributed by atoms with E-state index in [1.165, 1.54) is 0 Å². The molecule has 8 aromatic carbocycles. The molecule has 0 spiro atoms. The molecule has 0 N–H and O–H groups in total. The average Bonchev–Trinajstić information content (AvgIpc) is 4.00. The number of rotatable bonds is 5. The molecule has 7 heteroatoms. The summed E-state index contributed by atoms with van der Waals surface area (Å²) in [7, 11) is 0. The Hall–Kier alpha value is -7.90. The van der Waals surface area contributed by atoms with Crippen LogP contribution in [-0.2, 0) is 0 Å². The van der Waals surface area contributed by atoms with Crippen LogP contribution in [0, 0.1) is 0 Å². The van der Waals surface area contributed by atoms with Crippen LogP contribution in [0.15, 0.2) is 183 Å². The smallest absolute Gasteiger partial charge is 0.227 e. The molecule has 12 aromatic rings. The number of furan rings is 2. The fraction of sp³-hybridized carbons (Fsp3) is 0. The lowest BCUT2D eigenvalue weighted by molar-refractivity contribution is 0.619. The van der Waals surface area contributed by atoms with Crippen molar-refractivity contribution in [2.24, 2.45) is 0 Å². The lowest BCUT2D eigenvalue weighted by Gasteiger charge is -2.11. The van der Waals surface area contributed by atoms with E-state index in [0.29, 0.717) is 40.1 Å². The van der Waals surface area contributed by atoms with E-state index in [1.807, 2.05) is 115 Å². The van der Waals surface area contributed by atoms with Crippen molar-refractivity contribution in [2.45, 2.75) is 0 Å². The molecule has 0 atom stereocenters. The van der Waals surface area contributed by atoms with E-state index >= 15 is 0 Å². The first kappa shape index (κ1) is 31.5. The summed E-state index contributed by atoms with van der Waals surface area (Å²) >= 11 is 0. The zero-order valence-corrected chi connectivity index (χ0v) is 30.2. The molecule has 266 valence electrons. The van der Waals surface area contributed by atoms with Gasteiger partial charge >= 0.3 is 0 Å². The summed E-state index contributed by atoms with van der Waals surface area (Å²) in [5, 5.41) is 5.88. The molecule has 4 aromatic heterocycles. The number of aromatic nitrogens is 4. The molecule has 0 amide bonds. The molecule has 0 saturated heterocycles. The SMILES string of the molecule is c1ccc(-c2cccc(-c3nc(-c4cccc5c4oc4ccccc45)nc(-c4cc5ccccc5c5c4oc4ccc6oc(-c7ccccc7)nc6c45)n3)c2)cc1. The number of hydrogen-bond acceptors (Lipinski definition) is 7. The number of fused-ring (bicyclic) bond motifs is 10. The second-order valence-corrected chi connectivity index (χ2v) is 14.2. The first-order valence-corrected chi connectivity index (χ1v) is 18.8. The molecule has 0 bridgehead atoms. The highest BCUT2D eigenvalue weighted by atomic mass is 16.4. The van der Waals surface area contributed by atoms with Crippen molar-refractivity contribution in [1.29, 1.82) is 0 Å². The second kappa shape index (κ2) is 12.3. The van der Waals surface area contributed by atoms with Crippen LogP contribution in [0.3, 0.4) is 0 Å². The van der Waals surface area contributed by atoms with E-state index < -0.39 is 0 Å². The van der Waals surface area contributed by atoms with Gasteiger partial charge in [0.15, 0.2) is 23.1 Å². The third-order valence-electron chi connectivity index (χ3n) is 10.8. The molecule has 0 aliphatic heterocycles. The number of para-hydroxylation sites is 2. The third-order valence-corrected chi connectivity index (χ3v) is 10.8. The van der Waals surface area contributed by atoms with Crippen LogP contribution in [-0.4, -0.2) is 19.9 Å². The molecule has 12 rings (SSSR count). The van der Waals surface area contributed by atoms with E-state index in [2.05, 4.69) is 54.6 Å². The summed E-state index contributed by atoms with van der Waals surface area (Å²) in [6.45, 7) is 0. The second-order valence-electron chi connectivity index (χ2n) is 14.2. The maximum absolute atomic E-state index is 6.85. The van der Waals surface area contributed by atoms with Crippen LogP contribution >= 0.6 is 0 Å². The van der Waals surface area contributed by atoms with Crippen LogP contribution < -0.4 is 0 Å². The Morgan fingerprint density at radius 1 is 0.333 bits per heavy atom. The molecule has 4 heterocycles. The maximum atomic E-state index is 6.85. The minimum atomic E-state index is 0.476. The van der Waals surface area contributed by atoms with Gasteiger partial charge < -0.3 is 13.3 Å². The van der Waals surface area contributed by atoms with E-state index in [4.69, 9.17) is 33.2 Å². The quantitative estimate of drug-likeness (QED) is 0.174. The maximum Gasteiger partial charge on any atom is 0.227 e. The Kier molecular flexibility index (Phi) is 6.79. The van der Waals surface area contributed by atoms with Crippen molar-refractivity contribution in [3.63, 3.8) is 0 Å². The van der Waals surface area contributed by atoms with Gasteiger partial charge in [-0.2, -0.15) is 0 Å². The zero-order valence-electron chi connectivity index (χ0n) is 30.2. The Labute approximate surface area is 324 Å². The summed E-state index contributed by atoms with van der Waals surface area (Å²) in [4.78, 5) is 20.7. The highest BCUT2D eigenvalue weighted by molar-refractivity contribution is 6.27. The van der Waals surface area contributed by atoms with Crippen molar-refractivity contribution < 1.29 is 13.3 Å². The molecular formula is C50H28N4O3. The Morgan fingerprint density at radius 3 is 1.82 bits per heavy atom. The highest BCUT2D eigenvalue weighted by Crippen LogP contribution is 2.44. The van der Waals surface area contributed by atoms with E-state index in [0.717, 1.165) is 82.4 Å². The normalized spacial score (nSPS) is 11.9. The lowest BCUT2D eigenvalue weighted by atomic mass is 9.99. The fourth-order valence-electron chi connectivity index (χ4n) is 8.10. The van der Waals surface area contributed by atoms with Crippen LogP contribution in [0.2, 0.25) is 0 Å². The minimum Gasteiger partial charge on any atom is -0.455 e. The number of benzene rings is 8. The Balaban J connectivity index is 1.15. The molecule has 57 heavy (non-hydrogen) atoms. The first-order valence-electron chi connectivity index (χ1n) is 18.8. The highest BCUT2D eigenvalue weighted by Gasteiger charge is 2.24. The number of nitrogens with zero attached hydrogens (tertiary/aromatic N) is 4. The van der Waals surface area contributed by atoms with Gasteiger partial charge in [0, 0.05) is 27.3 Å². The molecule has 0 radical (unpaired) electrons. The topological polar surface area (TPSA) is 91.0 Å². The van der Waals surface area contributed by atoms with Gasteiger partial charge in [-0.05, 0) is 70.4 Å². The molecule has 7 nitrogen and oxygen atoms in total. The van der Waals surface area contributed by atoms with E-state index in [9.17, 15) is 0 Å². The van der Waals surface area contributed by atoms with Gasteiger partial charge in [0.05, 0.1) is 16.5 Å². The lowest BCUT2D eigenvalue weighted by Crippen LogP contribution is -2.01. The fourth-order valence-corrected chi connectivity index (χ4v) is 8.10. The van der Waals surface area contributed by atoms with Crippen molar-refractivity contribution in [2.75, 3.05) is 0 Å². The number of hydrogen-bond donors (Lipinski definition) is 0. The summed E-state index contributed by atoms with van der Waals surface area (Å²) in [5.41, 5.74) is 9.73. The van der Waals surface area contributed by atoms with Gasteiger partial charge in [-0.3, -0.25) is 0 Å². The molecule has 0 aliphatic rings. The predicted molar refractivity (Wildman–Crippen MR) is 227 cm³/mol. The summed E-state index contributed by atoms with van der Waals surface area (Å²) in [6, 6.07) is 57.1. The van der Waals surface area contributed by atoms with Crippen molar-refractivity contribution in [3.05, 3.63) is 170 Å². The predicted octanol–water partition coefficient (Wildman–Crippen LogP) is 13.3. The van der Waals surface area contributed by atoms with Crippen LogP contribution in [0.4, 0.5) is 0 Å². The van der Waals surface area contributed by atoms with Gasteiger partial charge in [-0.25, -0.2) is 19.9 Å². The van der Waals surface area contributed by atoms with Gasteiger partial charge in [-0.15, -0.1) is 0 Å². The molecular weight excluding hydrogens is 705 g/mol. The van der Waals surface area contributed by atoms with Crippen LogP contribution in [0.25, 0.3) is 122 Å². The standard InChI is InChI=1S/C50H28N4O3/c1-3-13-29(14-4-1)31-18-11-19-33(27-31)47-52-48(37-23-12-22-36-35-21-9-10-24-39(35)55-45(36)37)54-49(53-47)38-28-32-17-7-8-20-34(32)42-43-40(56-46(38)42)25-26-41-44(43)51-50(57-41)30-15-5-2-6-16-30/h1-28H. The largest absolute Gasteiger partial charge is 0.455 e. The van der Waals surface area contributed by atoms with Crippen LogP contribution in [0.5, 0.6) is 0 Å². The van der Waals surface area contributed by atoms with E-state index in [-0.39, 0.29) is 0 Å². The monoisotopic (exact) mass is 732 g/mol. The third kappa shape index (κ3) is 4.99. The van der Waals surface area contributed by atoms with Crippen molar-refractivity contribution >= 4 is 65.7 Å². The summed E-state index contributed by atoms with van der Waals surface area (Å²) in [5.74, 6) is 2.06. The summed E-state index contributed by atoms with van der Waals surface area (Å²) in [6.07, 6.45) is 0. The summed E-state index contributed by atoms with van der Waals surface area (Å²) < 4.78 is 19.7. The van der Waals surface area contributed by atoms with Crippen LogP contribution in [0.1, 0.15) is 0 Å².